The van der Waals surface area contributed by atoms with Crippen LogP contribution in [-0.4, -0.2) is 104 Å². The lowest BCUT2D eigenvalue weighted by Crippen LogP contribution is -2.35. The maximum atomic E-state index is 15.9. The number of aromatic nitrogens is 8. The quantitative estimate of drug-likeness (QED) is 0.133. The van der Waals surface area contributed by atoms with Gasteiger partial charge in [0.2, 0.25) is 5.95 Å². The van der Waals surface area contributed by atoms with E-state index < -0.39 is 83.6 Å². The molecule has 45 heavy (non-hydrogen) atoms. The van der Waals surface area contributed by atoms with E-state index in [0.717, 1.165) is 28.1 Å². The van der Waals surface area contributed by atoms with Crippen LogP contribution in [0.15, 0.2) is 23.8 Å². The van der Waals surface area contributed by atoms with Crippen LogP contribution in [0.3, 0.4) is 0 Å². The predicted octanol–water partition coefficient (Wildman–Crippen LogP) is -1.36. The number of nitrogens with zero attached hydrogens (tertiary/aromatic N) is 7. The number of alkyl halides is 1. The van der Waals surface area contributed by atoms with Gasteiger partial charge >= 0.3 is 15.6 Å². The summed E-state index contributed by atoms with van der Waals surface area (Å²) < 4.78 is 76.3. The van der Waals surface area contributed by atoms with Crippen molar-refractivity contribution in [1.29, 1.82) is 0 Å². The number of fused-ring (bicyclic) bond motifs is 5. The molecule has 4 aromatic heterocycles. The van der Waals surface area contributed by atoms with Crippen LogP contribution in [0.5, 0.6) is 0 Å². The zero-order valence-corrected chi connectivity index (χ0v) is 24.1. The van der Waals surface area contributed by atoms with Crippen molar-refractivity contribution in [1.82, 2.24) is 39.0 Å². The highest BCUT2D eigenvalue weighted by molar-refractivity contribution is 7.47. The summed E-state index contributed by atoms with van der Waals surface area (Å²) in [7, 11) is -10.3. The molecule has 3 aliphatic heterocycles. The fourth-order valence-electron chi connectivity index (χ4n) is 5.26. The minimum atomic E-state index is -5.15. The van der Waals surface area contributed by atoms with E-state index in [1.165, 1.54) is 0 Å². The summed E-state index contributed by atoms with van der Waals surface area (Å²) in [5.41, 5.74) is 10.6. The van der Waals surface area contributed by atoms with Gasteiger partial charge in [0.15, 0.2) is 41.3 Å². The molecule has 25 heteroatoms. The normalized spacial score (nSPS) is 37.7. The molecule has 3 fully saturated rings. The molecular weight excluding hydrogens is 653 g/mol. The third-order valence-electron chi connectivity index (χ3n) is 7.28. The third-order valence-corrected chi connectivity index (χ3v) is 9.25. The Hall–Kier alpha value is -3.47. The molecule has 7 heterocycles. The van der Waals surface area contributed by atoms with Gasteiger partial charge in [0.05, 0.1) is 25.9 Å². The first-order chi connectivity index (χ1) is 21.3. The van der Waals surface area contributed by atoms with Gasteiger partial charge in [-0.2, -0.15) is 4.98 Å². The average molecular weight is 676 g/mol. The Kier molecular flexibility index (Phi) is 7.26. The summed E-state index contributed by atoms with van der Waals surface area (Å²) in [6.07, 6.45) is -10.5. The molecule has 0 aromatic carbocycles. The number of nitrogens with one attached hydrogen (secondary N) is 1. The molecule has 8 N–H and O–H groups in total. The van der Waals surface area contributed by atoms with E-state index in [1.807, 2.05) is 0 Å². The zero-order chi connectivity index (χ0) is 31.8. The van der Waals surface area contributed by atoms with Gasteiger partial charge in [-0.1, -0.05) is 0 Å². The third kappa shape index (κ3) is 5.30. The topological polar surface area (TPSA) is 309 Å². The molecule has 0 amide bonds. The van der Waals surface area contributed by atoms with Crippen molar-refractivity contribution in [2.24, 2.45) is 0 Å². The van der Waals surface area contributed by atoms with E-state index in [4.69, 9.17) is 39.0 Å². The van der Waals surface area contributed by atoms with Crippen LogP contribution in [0.1, 0.15) is 12.5 Å². The molecular formula is C20H23FN10O12P2. The van der Waals surface area contributed by atoms with E-state index in [9.17, 15) is 28.8 Å². The number of phosphoric acid groups is 2. The number of ether oxygens (including phenoxy) is 2. The van der Waals surface area contributed by atoms with E-state index in [-0.39, 0.29) is 34.1 Å². The number of H-pyrrole nitrogens is 1. The summed E-state index contributed by atoms with van der Waals surface area (Å²) in [6.45, 7) is -1.77. The standard InChI is InChI=1S/C20H23FN10O12P2/c21-8-12-7(41-18(8)30-4-26-9-14(22)24-3-25-15(9)30)2-39-45(36,37)43-13-11(32)6(1-38-44(34,35)42-12)40-19(13)31-5-27-10-16(31)28-20(23)29-17(10)33/h3-8,11-13,18-19,32H,1-2H2,(H,34,35)(H,36,37)(H2,22,24,25)(H3,23,28,29,33)/t6-,7-,8-,11-,12-,13-,18-,19-/m1/s1. The minimum Gasteiger partial charge on any atom is -0.387 e. The Balaban J connectivity index is 1.21. The first-order valence-electron chi connectivity index (χ1n) is 12.9. The number of hydrogen-bond acceptors (Lipinski definition) is 17. The second kappa shape index (κ2) is 10.8. The van der Waals surface area contributed by atoms with Crippen LogP contribution in [-0.2, 0) is 36.7 Å². The highest BCUT2D eigenvalue weighted by atomic mass is 31.2. The van der Waals surface area contributed by atoms with Crippen molar-refractivity contribution < 1.29 is 56.0 Å². The number of anilines is 2. The number of rotatable bonds is 2. The van der Waals surface area contributed by atoms with E-state index in [2.05, 4.69) is 29.9 Å². The highest BCUT2D eigenvalue weighted by Crippen LogP contribution is 2.54. The minimum absolute atomic E-state index is 0.00648. The highest BCUT2D eigenvalue weighted by Gasteiger charge is 2.54. The largest absolute Gasteiger partial charge is 0.472 e. The summed E-state index contributed by atoms with van der Waals surface area (Å²) >= 11 is 0. The number of nitrogens with two attached hydrogens (primary N) is 2. The maximum absolute atomic E-state index is 15.9. The van der Waals surface area contributed by atoms with E-state index >= 15 is 4.39 Å². The summed E-state index contributed by atoms with van der Waals surface area (Å²) in [5.74, 6) is -0.301. The predicted molar refractivity (Wildman–Crippen MR) is 142 cm³/mol. The van der Waals surface area contributed by atoms with Crippen LogP contribution in [0.4, 0.5) is 16.2 Å². The molecule has 3 aliphatic rings. The van der Waals surface area contributed by atoms with E-state index in [0.29, 0.717) is 0 Å². The van der Waals surface area contributed by atoms with E-state index in [1.54, 1.807) is 0 Å². The molecule has 10 atom stereocenters. The Morgan fingerprint density at radius 1 is 0.889 bits per heavy atom. The fourth-order valence-corrected chi connectivity index (χ4v) is 7.15. The van der Waals surface area contributed by atoms with Gasteiger partial charge in [-0.15, -0.1) is 0 Å². The van der Waals surface area contributed by atoms with Crippen molar-refractivity contribution in [3.05, 3.63) is 29.3 Å². The van der Waals surface area contributed by atoms with Gasteiger partial charge in [0.1, 0.15) is 42.4 Å². The first-order valence-corrected chi connectivity index (χ1v) is 15.9. The number of imidazole rings is 2. The van der Waals surface area contributed by atoms with Crippen molar-refractivity contribution in [3.8, 4) is 0 Å². The van der Waals surface area contributed by atoms with Crippen LogP contribution < -0.4 is 17.0 Å². The van der Waals surface area contributed by atoms with Gasteiger partial charge in [0, 0.05) is 0 Å². The van der Waals surface area contributed by atoms with Crippen LogP contribution in [0.25, 0.3) is 22.3 Å². The molecule has 3 saturated heterocycles. The molecule has 0 aliphatic carbocycles. The Bertz CT molecular complexity index is 1940. The molecule has 2 bridgehead atoms. The smallest absolute Gasteiger partial charge is 0.387 e. The zero-order valence-electron chi connectivity index (χ0n) is 22.3. The fraction of sp³-hybridized carbons (Fsp3) is 0.500. The summed E-state index contributed by atoms with van der Waals surface area (Å²) in [6, 6.07) is 0. The Morgan fingerprint density at radius 3 is 2.24 bits per heavy atom. The van der Waals surface area contributed by atoms with Crippen molar-refractivity contribution >= 4 is 49.7 Å². The monoisotopic (exact) mass is 676 g/mol. The van der Waals surface area contributed by atoms with Crippen LogP contribution in [0.2, 0.25) is 0 Å². The number of aliphatic hydroxyl groups excluding tert-OH is 1. The lowest BCUT2D eigenvalue weighted by molar-refractivity contribution is -0.0670. The number of nitrogen functional groups attached to an aromatic ring is 2. The molecule has 242 valence electrons. The number of halogens is 1. The lowest BCUT2D eigenvalue weighted by atomic mass is 10.1. The molecule has 7 rings (SSSR count). The SMILES string of the molecule is Nc1nc2c(ncn2[C@@H]2O[C@@H]3COP(=O)(O)O[C@H]4[C@@H](F)[C@H](n5cnc6c(N)ncnc65)O[C@@H]4COP(=O)(O)O[C@@H]2[C@@H]3O)c(=O)[nH]1. The van der Waals surface area contributed by atoms with Crippen molar-refractivity contribution in [2.75, 3.05) is 24.7 Å². The van der Waals surface area contributed by atoms with Gasteiger partial charge in [0.25, 0.3) is 5.56 Å². The summed E-state index contributed by atoms with van der Waals surface area (Å²) in [5, 5.41) is 11.0. The lowest BCUT2D eigenvalue weighted by Gasteiger charge is -2.25. The van der Waals surface area contributed by atoms with Crippen LogP contribution >= 0.6 is 15.6 Å². The second-order valence-corrected chi connectivity index (χ2v) is 12.9. The van der Waals surface area contributed by atoms with Crippen molar-refractivity contribution in [2.45, 2.75) is 49.1 Å². The Labute approximate surface area is 248 Å². The van der Waals surface area contributed by atoms with Gasteiger partial charge in [-0.3, -0.25) is 37.0 Å². The summed E-state index contributed by atoms with van der Waals surface area (Å²) in [4.78, 5) is 55.5. The maximum Gasteiger partial charge on any atom is 0.472 e. The molecule has 0 spiro atoms. The second-order valence-electron chi connectivity index (χ2n) is 10.1. The number of hydrogen-bond donors (Lipinski definition) is 6. The van der Waals surface area contributed by atoms with Gasteiger partial charge in [-0.05, 0) is 0 Å². The molecule has 2 unspecified atom stereocenters. The molecule has 0 saturated carbocycles. The first kappa shape index (κ1) is 30.2. The molecule has 0 radical (unpaired) electrons. The van der Waals surface area contributed by atoms with Crippen LogP contribution in [0, 0.1) is 0 Å². The molecule has 22 nitrogen and oxygen atoms in total. The van der Waals surface area contributed by atoms with Crippen molar-refractivity contribution in [3.63, 3.8) is 0 Å². The number of phosphoric ester groups is 2. The molecule has 4 aromatic rings. The van der Waals surface area contributed by atoms with Gasteiger partial charge in [-0.25, -0.2) is 33.5 Å². The number of aromatic amines is 1. The Morgan fingerprint density at radius 2 is 1.51 bits per heavy atom. The van der Waals surface area contributed by atoms with Gasteiger partial charge < -0.3 is 35.8 Å². The average Bonchev–Trinajstić information content (AvgIpc) is 3.72. The number of aliphatic hydroxyl groups is 1.